The van der Waals surface area contributed by atoms with Crippen LogP contribution in [0.3, 0.4) is 0 Å². The van der Waals surface area contributed by atoms with E-state index < -0.39 is 0 Å². The lowest BCUT2D eigenvalue weighted by Gasteiger charge is -2.20. The van der Waals surface area contributed by atoms with Gasteiger partial charge in [-0.25, -0.2) is 9.67 Å². The molecule has 158 valence electrons. The average molecular weight is 409 g/mol. The van der Waals surface area contributed by atoms with Crippen molar-refractivity contribution in [3.05, 3.63) is 65.1 Å². The fourth-order valence-electron chi connectivity index (χ4n) is 3.57. The number of aryl methyl sites for hydroxylation is 1. The lowest BCUT2D eigenvalue weighted by atomic mass is 10.0. The maximum atomic E-state index is 13.1. The van der Waals surface area contributed by atoms with E-state index in [4.69, 9.17) is 9.47 Å². The zero-order valence-corrected chi connectivity index (χ0v) is 18.3. The summed E-state index contributed by atoms with van der Waals surface area (Å²) in [5, 5.41) is 7.53. The highest BCUT2D eigenvalue weighted by Crippen LogP contribution is 2.33. The Labute approximate surface area is 177 Å². The molecule has 3 aromatic rings. The Hall–Kier alpha value is -3.35. The summed E-state index contributed by atoms with van der Waals surface area (Å²) in [6.07, 6.45) is 3.32. The van der Waals surface area contributed by atoms with Gasteiger partial charge in [0.2, 0.25) is 0 Å². The van der Waals surface area contributed by atoms with Crippen LogP contribution in [0.2, 0.25) is 0 Å². The van der Waals surface area contributed by atoms with Crippen molar-refractivity contribution in [3.63, 3.8) is 0 Å². The first-order chi connectivity index (χ1) is 14.4. The van der Waals surface area contributed by atoms with Crippen molar-refractivity contribution >= 4 is 5.91 Å². The summed E-state index contributed by atoms with van der Waals surface area (Å²) in [5.74, 6) is 1.89. The smallest absolute Gasteiger partial charge is 0.255 e. The van der Waals surface area contributed by atoms with E-state index in [2.05, 4.69) is 15.4 Å². The molecule has 0 radical (unpaired) electrons. The number of carbonyl (C=O) groups is 1. The zero-order valence-electron chi connectivity index (χ0n) is 18.3. The van der Waals surface area contributed by atoms with Gasteiger partial charge in [0, 0.05) is 6.20 Å². The molecule has 30 heavy (non-hydrogen) atoms. The van der Waals surface area contributed by atoms with Crippen molar-refractivity contribution in [2.24, 2.45) is 0 Å². The number of rotatable bonds is 7. The minimum absolute atomic E-state index is 0.0911. The Bertz CT molecular complexity index is 1030. The van der Waals surface area contributed by atoms with Gasteiger partial charge in [-0.2, -0.15) is 5.10 Å². The van der Waals surface area contributed by atoms with Crippen LogP contribution in [-0.4, -0.2) is 34.9 Å². The van der Waals surface area contributed by atoms with Crippen LogP contribution in [0.15, 0.2) is 42.7 Å². The van der Waals surface area contributed by atoms with Crippen molar-refractivity contribution in [1.29, 1.82) is 0 Å². The van der Waals surface area contributed by atoms with Crippen LogP contribution in [-0.2, 0) is 0 Å². The van der Waals surface area contributed by atoms with Gasteiger partial charge in [0.05, 0.1) is 37.7 Å². The fourth-order valence-corrected chi connectivity index (χ4v) is 3.57. The van der Waals surface area contributed by atoms with Crippen LogP contribution in [0.5, 0.6) is 11.5 Å². The number of nitrogens with one attached hydrogen (secondary N) is 1. The molecule has 1 aromatic carbocycles. The van der Waals surface area contributed by atoms with E-state index in [-0.39, 0.29) is 17.9 Å². The van der Waals surface area contributed by atoms with E-state index in [0.717, 1.165) is 16.8 Å². The fraction of sp³-hybridized carbons (Fsp3) is 0.348. The van der Waals surface area contributed by atoms with Crippen LogP contribution in [0.4, 0.5) is 0 Å². The Balaban J connectivity index is 1.91. The molecule has 0 fully saturated rings. The highest BCUT2D eigenvalue weighted by Gasteiger charge is 2.23. The summed E-state index contributed by atoms with van der Waals surface area (Å²) in [4.78, 5) is 17.5. The lowest BCUT2D eigenvalue weighted by molar-refractivity contribution is 0.0938. The number of hydrogen-bond donors (Lipinski definition) is 1. The van der Waals surface area contributed by atoms with Gasteiger partial charge in [0.1, 0.15) is 0 Å². The first kappa shape index (κ1) is 21.4. The van der Waals surface area contributed by atoms with Gasteiger partial charge in [0.25, 0.3) is 5.91 Å². The van der Waals surface area contributed by atoms with Gasteiger partial charge in [-0.1, -0.05) is 19.9 Å². The Morgan fingerprint density at radius 2 is 1.80 bits per heavy atom. The molecule has 3 rings (SSSR count). The molecule has 1 N–H and O–H groups in total. The van der Waals surface area contributed by atoms with Gasteiger partial charge >= 0.3 is 0 Å². The van der Waals surface area contributed by atoms with Crippen LogP contribution >= 0.6 is 0 Å². The number of aromatic nitrogens is 3. The molecule has 7 nitrogen and oxygen atoms in total. The maximum Gasteiger partial charge on any atom is 0.255 e. The second-order valence-corrected chi connectivity index (χ2v) is 7.46. The average Bonchev–Trinajstić information content (AvgIpc) is 3.19. The first-order valence-electron chi connectivity index (χ1n) is 9.90. The molecule has 0 aliphatic carbocycles. The number of nitrogens with zero attached hydrogens (tertiary/aromatic N) is 3. The Morgan fingerprint density at radius 3 is 2.40 bits per heavy atom. The van der Waals surface area contributed by atoms with E-state index in [1.54, 1.807) is 31.3 Å². The number of hydrogen-bond acceptors (Lipinski definition) is 5. The maximum absolute atomic E-state index is 13.1. The molecule has 0 spiro atoms. The third kappa shape index (κ3) is 4.15. The second-order valence-electron chi connectivity index (χ2n) is 7.46. The minimum atomic E-state index is -0.226. The van der Waals surface area contributed by atoms with Crippen molar-refractivity contribution in [2.75, 3.05) is 14.2 Å². The van der Waals surface area contributed by atoms with Gasteiger partial charge in [-0.15, -0.1) is 0 Å². The van der Waals surface area contributed by atoms with Crippen molar-refractivity contribution in [3.8, 4) is 17.3 Å². The summed E-state index contributed by atoms with van der Waals surface area (Å²) in [6.45, 7) is 8.01. The molecular formula is C23H28N4O3. The van der Waals surface area contributed by atoms with E-state index in [9.17, 15) is 4.79 Å². The molecule has 0 aliphatic heterocycles. The molecule has 7 heteroatoms. The summed E-state index contributed by atoms with van der Waals surface area (Å²) in [5.41, 5.74) is 3.33. The topological polar surface area (TPSA) is 78.3 Å². The first-order valence-corrected chi connectivity index (χ1v) is 9.90. The molecule has 1 atom stereocenters. The molecule has 1 amide bonds. The third-order valence-corrected chi connectivity index (χ3v) is 5.05. The van der Waals surface area contributed by atoms with E-state index in [1.807, 2.05) is 58.0 Å². The Kier molecular flexibility index (Phi) is 6.40. The summed E-state index contributed by atoms with van der Waals surface area (Å²) < 4.78 is 12.5. The van der Waals surface area contributed by atoms with Gasteiger partial charge in [-0.05, 0) is 55.2 Å². The molecule has 0 saturated heterocycles. The van der Waals surface area contributed by atoms with Crippen LogP contribution in [0.1, 0.15) is 59.9 Å². The molecule has 0 saturated carbocycles. The number of benzene rings is 1. The van der Waals surface area contributed by atoms with Gasteiger partial charge in [-0.3, -0.25) is 4.79 Å². The van der Waals surface area contributed by atoms with E-state index in [0.29, 0.717) is 22.9 Å². The molecule has 0 bridgehead atoms. The highest BCUT2D eigenvalue weighted by molar-refractivity contribution is 5.95. The summed E-state index contributed by atoms with van der Waals surface area (Å²) in [7, 11) is 3.20. The van der Waals surface area contributed by atoms with Crippen molar-refractivity contribution < 1.29 is 14.3 Å². The van der Waals surface area contributed by atoms with Crippen molar-refractivity contribution in [2.45, 2.75) is 39.7 Å². The van der Waals surface area contributed by atoms with E-state index >= 15 is 0 Å². The summed E-state index contributed by atoms with van der Waals surface area (Å²) >= 11 is 0. The SMILES string of the molecule is COc1cc(C)c(C(C)NC(=O)c2cnn(-c3ccccn3)c2C(C)C)cc1OC. The normalized spacial score (nSPS) is 12.0. The molecule has 0 aliphatic rings. The largest absolute Gasteiger partial charge is 0.493 e. The van der Waals surface area contributed by atoms with Crippen LogP contribution < -0.4 is 14.8 Å². The lowest BCUT2D eigenvalue weighted by Crippen LogP contribution is -2.28. The number of methoxy groups -OCH3 is 2. The van der Waals surface area contributed by atoms with Crippen molar-refractivity contribution in [1.82, 2.24) is 20.1 Å². The number of carbonyl (C=O) groups excluding carboxylic acids is 1. The second kappa shape index (κ2) is 8.98. The molecule has 2 aromatic heterocycles. The third-order valence-electron chi connectivity index (χ3n) is 5.05. The summed E-state index contributed by atoms with van der Waals surface area (Å²) in [6, 6.07) is 9.21. The molecule has 2 heterocycles. The monoisotopic (exact) mass is 408 g/mol. The van der Waals surface area contributed by atoms with Gasteiger partial charge in [0.15, 0.2) is 17.3 Å². The number of pyridine rings is 1. The Morgan fingerprint density at radius 1 is 1.10 bits per heavy atom. The zero-order chi connectivity index (χ0) is 21.8. The van der Waals surface area contributed by atoms with Gasteiger partial charge < -0.3 is 14.8 Å². The predicted octanol–water partition coefficient (Wildman–Crippen LogP) is 4.21. The molecular weight excluding hydrogens is 380 g/mol. The number of ether oxygens (including phenoxy) is 2. The minimum Gasteiger partial charge on any atom is -0.493 e. The van der Waals surface area contributed by atoms with Crippen LogP contribution in [0, 0.1) is 6.92 Å². The molecule has 1 unspecified atom stereocenters. The highest BCUT2D eigenvalue weighted by atomic mass is 16.5. The predicted molar refractivity (Wildman–Crippen MR) is 116 cm³/mol. The number of amides is 1. The standard InChI is InChI=1S/C23H28N4O3/c1-14(2)22-18(13-25-27(22)21-9-7-8-10-24-21)23(28)26-16(4)17-12-20(30-6)19(29-5)11-15(17)3/h7-14,16H,1-6H3,(H,26,28). The van der Waals surface area contributed by atoms with Crippen LogP contribution in [0.25, 0.3) is 5.82 Å². The quantitative estimate of drug-likeness (QED) is 0.634. The van der Waals surface area contributed by atoms with E-state index in [1.165, 1.54) is 0 Å².